The van der Waals surface area contributed by atoms with E-state index < -0.39 is 15.9 Å². The molecule has 0 saturated carbocycles. The highest BCUT2D eigenvalue weighted by atomic mass is 32.2. The van der Waals surface area contributed by atoms with Crippen LogP contribution in [0.1, 0.15) is 17.3 Å². The van der Waals surface area contributed by atoms with Crippen LogP contribution in [0.3, 0.4) is 0 Å². The molecule has 3 rings (SSSR count). The highest BCUT2D eigenvalue weighted by Crippen LogP contribution is 2.23. The summed E-state index contributed by atoms with van der Waals surface area (Å²) >= 11 is 0. The van der Waals surface area contributed by atoms with Crippen LogP contribution in [0, 0.1) is 0 Å². The number of phenols is 1. The molecule has 0 atom stereocenters. The van der Waals surface area contributed by atoms with Crippen LogP contribution in [0.2, 0.25) is 0 Å². The molecule has 150 valence electrons. The van der Waals surface area contributed by atoms with Gasteiger partial charge in [-0.3, -0.25) is 9.52 Å². The summed E-state index contributed by atoms with van der Waals surface area (Å²) in [5.74, 6) is 0.129. The van der Waals surface area contributed by atoms with Crippen molar-refractivity contribution in [3.05, 3.63) is 78.4 Å². The Kier molecular flexibility index (Phi) is 6.04. The second-order valence-electron chi connectivity index (χ2n) is 6.06. The molecule has 1 amide bonds. The quantitative estimate of drug-likeness (QED) is 0.512. The Labute approximate surface area is 169 Å². The standard InChI is InChI=1S/C21H20N2O5S/c1-2-28-17-11-9-16(10-12-17)23-29(26,27)18-13-7-15(8-14-18)21(25)22-19-5-3-4-6-20(19)24/h3-14,23-24H,2H2,1H3,(H,22,25). The molecule has 0 heterocycles. The summed E-state index contributed by atoms with van der Waals surface area (Å²) in [5, 5.41) is 12.3. The van der Waals surface area contributed by atoms with Crippen LogP contribution >= 0.6 is 0 Å². The van der Waals surface area contributed by atoms with E-state index in [9.17, 15) is 18.3 Å². The van der Waals surface area contributed by atoms with Crippen molar-refractivity contribution in [3.8, 4) is 11.5 Å². The fourth-order valence-electron chi connectivity index (χ4n) is 2.56. The number of amides is 1. The summed E-state index contributed by atoms with van der Waals surface area (Å²) in [4.78, 5) is 12.3. The van der Waals surface area contributed by atoms with Crippen LogP contribution in [0.25, 0.3) is 0 Å². The first-order valence-corrected chi connectivity index (χ1v) is 10.3. The third-order valence-corrected chi connectivity index (χ3v) is 5.39. The Balaban J connectivity index is 1.71. The maximum Gasteiger partial charge on any atom is 0.261 e. The number of para-hydroxylation sites is 2. The zero-order valence-corrected chi connectivity index (χ0v) is 16.4. The lowest BCUT2D eigenvalue weighted by atomic mass is 10.2. The molecule has 7 nitrogen and oxygen atoms in total. The number of sulfonamides is 1. The predicted octanol–water partition coefficient (Wildman–Crippen LogP) is 3.84. The number of anilines is 2. The fraction of sp³-hybridized carbons (Fsp3) is 0.0952. The van der Waals surface area contributed by atoms with E-state index in [0.717, 1.165) is 0 Å². The number of rotatable bonds is 7. The smallest absolute Gasteiger partial charge is 0.261 e. The largest absolute Gasteiger partial charge is 0.506 e. The molecule has 0 aliphatic heterocycles. The molecule has 0 bridgehead atoms. The van der Waals surface area contributed by atoms with Crippen LogP contribution in [0.4, 0.5) is 11.4 Å². The van der Waals surface area contributed by atoms with Crippen molar-refractivity contribution in [1.82, 2.24) is 0 Å². The summed E-state index contributed by atoms with van der Waals surface area (Å²) in [6.07, 6.45) is 0. The van der Waals surface area contributed by atoms with Crippen molar-refractivity contribution in [2.45, 2.75) is 11.8 Å². The summed E-state index contributed by atoms with van der Waals surface area (Å²) in [6.45, 7) is 2.39. The van der Waals surface area contributed by atoms with Crippen LogP contribution < -0.4 is 14.8 Å². The number of phenolic OH excluding ortho intramolecular Hbond substituents is 1. The van der Waals surface area contributed by atoms with E-state index in [1.54, 1.807) is 42.5 Å². The zero-order chi connectivity index (χ0) is 20.9. The van der Waals surface area contributed by atoms with Gasteiger partial charge >= 0.3 is 0 Å². The molecule has 0 aliphatic rings. The van der Waals surface area contributed by atoms with Gasteiger partial charge in [0.15, 0.2) is 0 Å². The van der Waals surface area contributed by atoms with Crippen molar-refractivity contribution in [1.29, 1.82) is 0 Å². The van der Waals surface area contributed by atoms with E-state index in [1.807, 2.05) is 6.92 Å². The third-order valence-electron chi connectivity index (χ3n) is 4.00. The van der Waals surface area contributed by atoms with Gasteiger partial charge in [-0.15, -0.1) is 0 Å². The van der Waals surface area contributed by atoms with Gasteiger partial charge in [0, 0.05) is 11.3 Å². The van der Waals surface area contributed by atoms with Gasteiger partial charge in [0.1, 0.15) is 11.5 Å². The van der Waals surface area contributed by atoms with E-state index in [2.05, 4.69) is 10.0 Å². The molecular weight excluding hydrogens is 392 g/mol. The molecular formula is C21H20N2O5S. The second-order valence-corrected chi connectivity index (χ2v) is 7.74. The Bertz CT molecular complexity index is 1090. The fourth-order valence-corrected chi connectivity index (χ4v) is 3.62. The van der Waals surface area contributed by atoms with Gasteiger partial charge in [-0.05, 0) is 67.6 Å². The number of hydrogen-bond acceptors (Lipinski definition) is 5. The summed E-state index contributed by atoms with van der Waals surface area (Å²) in [7, 11) is -3.81. The first-order valence-electron chi connectivity index (χ1n) is 8.84. The van der Waals surface area contributed by atoms with Crippen LogP contribution in [-0.2, 0) is 10.0 Å². The molecule has 0 aliphatic carbocycles. The van der Waals surface area contributed by atoms with Gasteiger partial charge in [-0.25, -0.2) is 8.42 Å². The number of hydrogen-bond donors (Lipinski definition) is 3. The van der Waals surface area contributed by atoms with Crippen molar-refractivity contribution in [2.75, 3.05) is 16.6 Å². The third kappa shape index (κ3) is 5.05. The average molecular weight is 412 g/mol. The SMILES string of the molecule is CCOc1ccc(NS(=O)(=O)c2ccc(C(=O)Nc3ccccc3O)cc2)cc1. The lowest BCUT2D eigenvalue weighted by Crippen LogP contribution is -2.15. The topological polar surface area (TPSA) is 105 Å². The summed E-state index contributed by atoms with van der Waals surface area (Å²) < 4.78 is 32.9. The molecule has 3 N–H and O–H groups in total. The minimum Gasteiger partial charge on any atom is -0.506 e. The van der Waals surface area contributed by atoms with Gasteiger partial charge in [0.25, 0.3) is 15.9 Å². The van der Waals surface area contributed by atoms with Crippen LogP contribution in [0.5, 0.6) is 11.5 Å². The summed E-state index contributed by atoms with van der Waals surface area (Å²) in [6, 6.07) is 18.4. The molecule has 0 spiro atoms. The number of aromatic hydroxyl groups is 1. The first-order chi connectivity index (χ1) is 13.9. The number of carbonyl (C=O) groups is 1. The Morgan fingerprint density at radius 1 is 0.966 bits per heavy atom. The first kappa shape index (κ1) is 20.2. The Morgan fingerprint density at radius 3 is 2.24 bits per heavy atom. The van der Waals surface area contributed by atoms with Crippen molar-refractivity contribution in [3.63, 3.8) is 0 Å². The molecule has 0 aromatic heterocycles. The van der Waals surface area contributed by atoms with E-state index in [4.69, 9.17) is 4.74 Å². The average Bonchev–Trinajstić information content (AvgIpc) is 2.71. The molecule has 3 aromatic rings. The van der Waals surface area contributed by atoms with Crippen molar-refractivity contribution >= 4 is 27.3 Å². The molecule has 0 fully saturated rings. The van der Waals surface area contributed by atoms with Crippen molar-refractivity contribution < 1.29 is 23.1 Å². The monoisotopic (exact) mass is 412 g/mol. The molecule has 0 saturated heterocycles. The number of nitrogens with one attached hydrogen (secondary N) is 2. The van der Waals surface area contributed by atoms with Crippen LogP contribution in [-0.4, -0.2) is 26.0 Å². The maximum absolute atomic E-state index is 12.6. The predicted molar refractivity (Wildman–Crippen MR) is 111 cm³/mol. The highest BCUT2D eigenvalue weighted by molar-refractivity contribution is 7.92. The molecule has 3 aromatic carbocycles. The number of benzene rings is 3. The minimum atomic E-state index is -3.81. The van der Waals surface area contributed by atoms with Gasteiger partial charge in [-0.2, -0.15) is 0 Å². The minimum absolute atomic E-state index is 0.0190. The zero-order valence-electron chi connectivity index (χ0n) is 15.6. The van der Waals surface area contributed by atoms with Crippen molar-refractivity contribution in [2.24, 2.45) is 0 Å². The second kappa shape index (κ2) is 8.66. The molecule has 0 unspecified atom stereocenters. The number of ether oxygens (including phenoxy) is 1. The normalized spacial score (nSPS) is 10.9. The van der Waals surface area contributed by atoms with Gasteiger partial charge < -0.3 is 15.2 Å². The molecule has 8 heteroatoms. The summed E-state index contributed by atoms with van der Waals surface area (Å²) in [5.41, 5.74) is 0.925. The van der Waals surface area contributed by atoms with E-state index in [0.29, 0.717) is 18.0 Å². The lowest BCUT2D eigenvalue weighted by molar-refractivity contribution is 0.102. The highest BCUT2D eigenvalue weighted by Gasteiger charge is 2.16. The van der Waals surface area contributed by atoms with E-state index in [1.165, 1.54) is 30.3 Å². The van der Waals surface area contributed by atoms with E-state index >= 15 is 0 Å². The van der Waals surface area contributed by atoms with Gasteiger partial charge in [0.2, 0.25) is 0 Å². The molecule has 0 radical (unpaired) electrons. The Hall–Kier alpha value is -3.52. The van der Waals surface area contributed by atoms with Gasteiger partial charge in [0.05, 0.1) is 17.2 Å². The van der Waals surface area contributed by atoms with Crippen LogP contribution in [0.15, 0.2) is 77.7 Å². The lowest BCUT2D eigenvalue weighted by Gasteiger charge is -2.10. The maximum atomic E-state index is 12.6. The Morgan fingerprint density at radius 2 is 1.62 bits per heavy atom. The van der Waals surface area contributed by atoms with Gasteiger partial charge in [-0.1, -0.05) is 12.1 Å². The van der Waals surface area contributed by atoms with E-state index in [-0.39, 0.29) is 21.9 Å². The molecule has 29 heavy (non-hydrogen) atoms. The number of carbonyl (C=O) groups excluding carboxylic acids is 1.